The first-order chi connectivity index (χ1) is 15.2. The van der Waals surface area contributed by atoms with E-state index >= 15 is 0 Å². The van der Waals surface area contributed by atoms with E-state index in [9.17, 15) is 13.2 Å². The number of sulfonamides is 1. The van der Waals surface area contributed by atoms with Crippen molar-refractivity contribution in [2.24, 2.45) is 0 Å². The summed E-state index contributed by atoms with van der Waals surface area (Å²) in [6, 6.07) is 13.1. The van der Waals surface area contributed by atoms with Crippen molar-refractivity contribution in [2.75, 3.05) is 55.3 Å². The number of amides is 1. The zero-order valence-electron chi connectivity index (χ0n) is 18.8. The summed E-state index contributed by atoms with van der Waals surface area (Å²) in [7, 11) is -1.84. The van der Waals surface area contributed by atoms with E-state index in [0.717, 1.165) is 24.5 Å². The number of carbonyl (C=O) groups is 1. The Hall–Kier alpha value is -2.45. The number of halogens is 1. The summed E-state index contributed by atoms with van der Waals surface area (Å²) in [6.45, 7) is 4.72. The first-order valence-electron chi connectivity index (χ1n) is 10.6. The van der Waals surface area contributed by atoms with E-state index in [-0.39, 0.29) is 12.5 Å². The summed E-state index contributed by atoms with van der Waals surface area (Å²) in [6.07, 6.45) is 1.90. The van der Waals surface area contributed by atoms with Gasteiger partial charge < -0.3 is 14.5 Å². The quantitative estimate of drug-likeness (QED) is 0.579. The van der Waals surface area contributed by atoms with Crippen molar-refractivity contribution >= 4 is 38.9 Å². The van der Waals surface area contributed by atoms with Gasteiger partial charge in [-0.15, -0.1) is 0 Å². The van der Waals surface area contributed by atoms with Gasteiger partial charge in [0.05, 0.1) is 24.7 Å². The molecule has 32 heavy (non-hydrogen) atoms. The molecular weight excluding hydrogens is 450 g/mol. The number of benzene rings is 2. The number of para-hydroxylation sites is 2. The topological polar surface area (TPSA) is 70.2 Å². The minimum absolute atomic E-state index is 0.0425. The molecule has 1 aliphatic heterocycles. The maximum Gasteiger partial charge on any atom is 0.232 e. The standard InChI is InChI=1S/C23H30ClN3O4S/c1-18-19(24)8-6-10-20(18)27(32(3,29)30)13-7-12-23(28)26-16-14-25(15-17-26)21-9-4-5-11-22(21)31-2/h4-6,8-11H,7,12-17H2,1-3H3. The fourth-order valence-electron chi connectivity index (χ4n) is 3.95. The first kappa shape index (κ1) is 24.2. The van der Waals surface area contributed by atoms with Gasteiger partial charge in [-0.1, -0.05) is 29.8 Å². The predicted molar refractivity (Wildman–Crippen MR) is 129 cm³/mol. The fraction of sp³-hybridized carbons (Fsp3) is 0.435. The van der Waals surface area contributed by atoms with Gasteiger partial charge in [-0.2, -0.15) is 0 Å². The van der Waals surface area contributed by atoms with E-state index in [2.05, 4.69) is 4.90 Å². The minimum atomic E-state index is -3.49. The average Bonchev–Trinajstić information content (AvgIpc) is 2.78. The summed E-state index contributed by atoms with van der Waals surface area (Å²) in [5.74, 6) is 0.866. The van der Waals surface area contributed by atoms with Gasteiger partial charge in [-0.25, -0.2) is 8.42 Å². The lowest BCUT2D eigenvalue weighted by Gasteiger charge is -2.36. The number of ether oxygens (including phenoxy) is 1. The summed E-state index contributed by atoms with van der Waals surface area (Å²) in [4.78, 5) is 16.8. The molecule has 0 saturated carbocycles. The molecule has 0 N–H and O–H groups in total. The van der Waals surface area contributed by atoms with Crippen molar-refractivity contribution < 1.29 is 17.9 Å². The van der Waals surface area contributed by atoms with Crippen molar-refractivity contribution in [1.82, 2.24) is 4.90 Å². The van der Waals surface area contributed by atoms with Crippen LogP contribution in [0.5, 0.6) is 5.75 Å². The lowest BCUT2D eigenvalue weighted by molar-refractivity contribution is -0.131. The molecule has 174 valence electrons. The van der Waals surface area contributed by atoms with Crippen LogP contribution < -0.4 is 13.9 Å². The van der Waals surface area contributed by atoms with Crippen LogP contribution in [0, 0.1) is 6.92 Å². The third-order valence-electron chi connectivity index (χ3n) is 5.72. The second-order valence-corrected chi connectivity index (χ2v) is 10.2. The molecule has 0 atom stereocenters. The molecule has 3 rings (SSSR count). The highest BCUT2D eigenvalue weighted by Gasteiger charge is 2.24. The smallest absolute Gasteiger partial charge is 0.232 e. The number of hydrogen-bond acceptors (Lipinski definition) is 5. The number of carbonyl (C=O) groups excluding carboxylic acids is 1. The van der Waals surface area contributed by atoms with Gasteiger partial charge in [0.1, 0.15) is 5.75 Å². The summed E-state index contributed by atoms with van der Waals surface area (Å²) < 4.78 is 31.5. The van der Waals surface area contributed by atoms with E-state index in [1.165, 1.54) is 10.6 Å². The molecule has 1 fully saturated rings. The van der Waals surface area contributed by atoms with E-state index in [0.29, 0.717) is 42.2 Å². The van der Waals surface area contributed by atoms with Crippen LogP contribution in [0.3, 0.4) is 0 Å². The highest BCUT2D eigenvalue weighted by atomic mass is 35.5. The van der Waals surface area contributed by atoms with Crippen molar-refractivity contribution in [3.8, 4) is 5.75 Å². The lowest BCUT2D eigenvalue weighted by Crippen LogP contribution is -2.49. The first-order valence-corrected chi connectivity index (χ1v) is 12.8. The van der Waals surface area contributed by atoms with Crippen molar-refractivity contribution in [3.05, 3.63) is 53.1 Å². The van der Waals surface area contributed by atoms with Crippen LogP contribution in [-0.4, -0.2) is 65.3 Å². The Balaban J connectivity index is 1.56. The lowest BCUT2D eigenvalue weighted by atomic mass is 10.2. The molecule has 0 radical (unpaired) electrons. The van der Waals surface area contributed by atoms with Gasteiger partial charge in [0.25, 0.3) is 0 Å². The largest absolute Gasteiger partial charge is 0.495 e. The Morgan fingerprint density at radius 3 is 2.44 bits per heavy atom. The fourth-order valence-corrected chi connectivity index (χ4v) is 5.14. The molecule has 0 aliphatic carbocycles. The molecule has 2 aromatic rings. The van der Waals surface area contributed by atoms with Crippen LogP contribution in [0.15, 0.2) is 42.5 Å². The normalized spacial score (nSPS) is 14.4. The van der Waals surface area contributed by atoms with Crippen molar-refractivity contribution in [3.63, 3.8) is 0 Å². The van der Waals surface area contributed by atoms with Crippen LogP contribution >= 0.6 is 11.6 Å². The highest BCUT2D eigenvalue weighted by molar-refractivity contribution is 7.92. The minimum Gasteiger partial charge on any atom is -0.495 e. The van der Waals surface area contributed by atoms with E-state index < -0.39 is 10.0 Å². The number of hydrogen-bond donors (Lipinski definition) is 0. The van der Waals surface area contributed by atoms with Gasteiger partial charge in [-0.05, 0) is 43.2 Å². The number of nitrogens with zero attached hydrogens (tertiary/aromatic N) is 3. The van der Waals surface area contributed by atoms with Crippen LogP contribution in [0.4, 0.5) is 11.4 Å². The molecular formula is C23H30ClN3O4S. The van der Waals surface area contributed by atoms with Crippen LogP contribution in [0.1, 0.15) is 18.4 Å². The van der Waals surface area contributed by atoms with Gasteiger partial charge in [0.15, 0.2) is 0 Å². The van der Waals surface area contributed by atoms with E-state index in [4.69, 9.17) is 16.3 Å². The number of methoxy groups -OCH3 is 1. The molecule has 2 aromatic carbocycles. The van der Waals surface area contributed by atoms with Gasteiger partial charge in [0, 0.05) is 44.2 Å². The van der Waals surface area contributed by atoms with Gasteiger partial charge in [0.2, 0.25) is 15.9 Å². The second-order valence-electron chi connectivity index (χ2n) is 7.86. The molecule has 1 saturated heterocycles. The molecule has 1 amide bonds. The zero-order valence-corrected chi connectivity index (χ0v) is 20.3. The summed E-state index contributed by atoms with van der Waals surface area (Å²) in [5, 5.41) is 0.514. The third-order valence-corrected chi connectivity index (χ3v) is 7.31. The monoisotopic (exact) mass is 479 g/mol. The summed E-state index contributed by atoms with van der Waals surface area (Å²) >= 11 is 6.17. The molecule has 9 heteroatoms. The molecule has 1 heterocycles. The number of anilines is 2. The van der Waals surface area contributed by atoms with Crippen LogP contribution in [-0.2, 0) is 14.8 Å². The van der Waals surface area contributed by atoms with E-state index in [1.807, 2.05) is 29.2 Å². The zero-order chi connectivity index (χ0) is 23.3. The number of rotatable bonds is 8. The molecule has 1 aliphatic rings. The molecule has 0 aromatic heterocycles. The predicted octanol–water partition coefficient (Wildman–Crippen LogP) is 3.55. The van der Waals surface area contributed by atoms with Crippen molar-refractivity contribution in [2.45, 2.75) is 19.8 Å². The Morgan fingerprint density at radius 2 is 1.78 bits per heavy atom. The molecule has 7 nitrogen and oxygen atoms in total. The molecule has 0 unspecified atom stereocenters. The maximum absolute atomic E-state index is 12.7. The number of piperazine rings is 1. The van der Waals surface area contributed by atoms with Gasteiger partial charge >= 0.3 is 0 Å². The Bertz CT molecular complexity index is 1050. The highest BCUT2D eigenvalue weighted by Crippen LogP contribution is 2.29. The Labute approximate surface area is 195 Å². The van der Waals surface area contributed by atoms with Crippen molar-refractivity contribution in [1.29, 1.82) is 0 Å². The molecule has 0 bridgehead atoms. The van der Waals surface area contributed by atoms with Crippen LogP contribution in [0.2, 0.25) is 5.02 Å². The van der Waals surface area contributed by atoms with E-state index in [1.54, 1.807) is 32.2 Å². The van der Waals surface area contributed by atoms with Crippen LogP contribution in [0.25, 0.3) is 0 Å². The maximum atomic E-state index is 12.7. The Kier molecular flexibility index (Phi) is 7.90. The average molecular weight is 480 g/mol. The SMILES string of the molecule is COc1ccccc1N1CCN(C(=O)CCCN(c2cccc(Cl)c2C)S(C)(=O)=O)CC1. The second kappa shape index (κ2) is 10.4. The third kappa shape index (κ3) is 5.66. The Morgan fingerprint density at radius 1 is 1.09 bits per heavy atom. The van der Waals surface area contributed by atoms with Gasteiger partial charge in [-0.3, -0.25) is 9.10 Å². The molecule has 0 spiro atoms. The summed E-state index contributed by atoms with van der Waals surface area (Å²) in [5.41, 5.74) is 2.29.